The molecular formula is C25H30FN3O3. The van der Waals surface area contributed by atoms with Gasteiger partial charge in [-0.3, -0.25) is 14.4 Å². The van der Waals surface area contributed by atoms with Gasteiger partial charge in [-0.2, -0.15) is 0 Å². The molecule has 2 N–H and O–H groups in total. The van der Waals surface area contributed by atoms with E-state index in [0.717, 1.165) is 11.1 Å². The second-order valence-electron chi connectivity index (χ2n) is 8.54. The highest BCUT2D eigenvalue weighted by Gasteiger charge is 2.41. The van der Waals surface area contributed by atoms with E-state index in [1.165, 1.54) is 11.0 Å². The summed E-state index contributed by atoms with van der Waals surface area (Å²) >= 11 is 0. The normalized spacial score (nSPS) is 17.1. The standard InChI is InChI=1S/C25H30FN3O3/c1-15(2)22(28-24(31)16(3)27-4)25(32)29-14-18-10-5-7-11-19(18)23(29)21(30)13-17-9-6-8-12-20(17)26/h5-12,15-16,22-23,27H,13-14H2,1-4H3,(H,28,31)/t16-,22-,23-/m0/s1. The summed E-state index contributed by atoms with van der Waals surface area (Å²) < 4.78 is 14.2. The number of carbonyl (C=O) groups excluding carboxylic acids is 3. The first-order valence-electron chi connectivity index (χ1n) is 10.9. The Morgan fingerprint density at radius 3 is 2.38 bits per heavy atom. The number of carbonyl (C=O) groups is 3. The molecule has 0 saturated carbocycles. The Bertz CT molecular complexity index is 1010. The molecule has 3 atom stereocenters. The summed E-state index contributed by atoms with van der Waals surface area (Å²) in [6.07, 6.45) is -0.120. The van der Waals surface area contributed by atoms with E-state index < -0.39 is 23.9 Å². The molecule has 3 rings (SSSR count). The number of halogens is 1. The van der Waals surface area contributed by atoms with E-state index in [4.69, 9.17) is 0 Å². The van der Waals surface area contributed by atoms with E-state index in [2.05, 4.69) is 10.6 Å². The van der Waals surface area contributed by atoms with Crippen molar-refractivity contribution in [2.45, 2.75) is 51.9 Å². The number of likely N-dealkylation sites (N-methyl/N-ethyl adjacent to an activating group) is 1. The Kier molecular flexibility index (Phi) is 7.40. The van der Waals surface area contributed by atoms with E-state index in [9.17, 15) is 18.8 Å². The first-order valence-corrected chi connectivity index (χ1v) is 10.9. The van der Waals surface area contributed by atoms with Gasteiger partial charge in [-0.1, -0.05) is 56.3 Å². The van der Waals surface area contributed by atoms with Gasteiger partial charge in [0.1, 0.15) is 17.9 Å². The number of ketones is 1. The van der Waals surface area contributed by atoms with Crippen molar-refractivity contribution < 1.29 is 18.8 Å². The maximum Gasteiger partial charge on any atom is 0.246 e. The minimum Gasteiger partial charge on any atom is -0.343 e. The summed E-state index contributed by atoms with van der Waals surface area (Å²) in [5, 5.41) is 5.69. The SMILES string of the molecule is CN[C@@H](C)C(=O)N[C@H](C(=O)N1Cc2ccccc2[C@H]1C(=O)Cc1ccccc1F)C(C)C. The lowest BCUT2D eigenvalue weighted by molar-refractivity contribution is -0.143. The monoisotopic (exact) mass is 439 g/mol. The number of nitrogens with zero attached hydrogens (tertiary/aromatic N) is 1. The van der Waals surface area contributed by atoms with Crippen molar-refractivity contribution in [1.29, 1.82) is 0 Å². The van der Waals surface area contributed by atoms with Crippen molar-refractivity contribution in [2.24, 2.45) is 5.92 Å². The highest BCUT2D eigenvalue weighted by molar-refractivity contribution is 5.96. The molecule has 0 aromatic heterocycles. The van der Waals surface area contributed by atoms with Crippen LogP contribution in [0.5, 0.6) is 0 Å². The number of benzene rings is 2. The molecule has 0 unspecified atom stereocenters. The maximum absolute atomic E-state index is 14.2. The lowest BCUT2D eigenvalue weighted by Gasteiger charge is -2.31. The van der Waals surface area contributed by atoms with Crippen LogP contribution in [0.2, 0.25) is 0 Å². The van der Waals surface area contributed by atoms with E-state index in [0.29, 0.717) is 5.56 Å². The van der Waals surface area contributed by atoms with Gasteiger partial charge in [0.05, 0.1) is 6.04 Å². The molecule has 0 saturated heterocycles. The third kappa shape index (κ3) is 4.88. The summed E-state index contributed by atoms with van der Waals surface area (Å²) in [7, 11) is 1.67. The van der Waals surface area contributed by atoms with Crippen LogP contribution in [-0.4, -0.2) is 41.6 Å². The van der Waals surface area contributed by atoms with Gasteiger partial charge in [0.2, 0.25) is 11.8 Å². The molecule has 2 aromatic carbocycles. The van der Waals surface area contributed by atoms with E-state index in [-0.39, 0.29) is 36.5 Å². The van der Waals surface area contributed by atoms with Crippen molar-refractivity contribution in [2.75, 3.05) is 7.05 Å². The number of rotatable bonds is 8. The first-order chi connectivity index (χ1) is 15.2. The highest BCUT2D eigenvalue weighted by Crippen LogP contribution is 2.36. The fourth-order valence-electron chi connectivity index (χ4n) is 3.97. The zero-order chi connectivity index (χ0) is 23.4. The van der Waals surface area contributed by atoms with Crippen LogP contribution < -0.4 is 10.6 Å². The van der Waals surface area contributed by atoms with Crippen LogP contribution in [0.25, 0.3) is 0 Å². The van der Waals surface area contributed by atoms with Crippen LogP contribution in [-0.2, 0) is 27.3 Å². The zero-order valence-electron chi connectivity index (χ0n) is 18.9. The molecule has 2 amide bonds. The largest absolute Gasteiger partial charge is 0.343 e. The molecule has 1 aliphatic heterocycles. The lowest BCUT2D eigenvalue weighted by atomic mass is 9.95. The average Bonchev–Trinajstić information content (AvgIpc) is 3.17. The molecule has 1 heterocycles. The van der Waals surface area contributed by atoms with Gasteiger partial charge < -0.3 is 15.5 Å². The third-order valence-corrected chi connectivity index (χ3v) is 5.97. The Hall–Kier alpha value is -3.06. The van der Waals surface area contributed by atoms with Gasteiger partial charge in [0.25, 0.3) is 0 Å². The van der Waals surface area contributed by atoms with E-state index in [1.54, 1.807) is 32.2 Å². The highest BCUT2D eigenvalue weighted by atomic mass is 19.1. The minimum atomic E-state index is -0.821. The summed E-state index contributed by atoms with van der Waals surface area (Å²) in [5.74, 6) is -1.49. The number of nitrogens with one attached hydrogen (secondary N) is 2. The molecule has 1 aliphatic rings. The van der Waals surface area contributed by atoms with E-state index in [1.807, 2.05) is 38.1 Å². The lowest BCUT2D eigenvalue weighted by Crippen LogP contribution is -2.54. The molecule has 7 heteroatoms. The molecule has 0 bridgehead atoms. The van der Waals surface area contributed by atoms with Crippen molar-refractivity contribution in [1.82, 2.24) is 15.5 Å². The molecule has 6 nitrogen and oxygen atoms in total. The Morgan fingerprint density at radius 1 is 1.06 bits per heavy atom. The van der Waals surface area contributed by atoms with Gasteiger partial charge in [-0.25, -0.2) is 4.39 Å². The number of hydrogen-bond donors (Lipinski definition) is 2. The summed E-state index contributed by atoms with van der Waals surface area (Å²) in [6.45, 7) is 5.69. The van der Waals surface area contributed by atoms with Crippen LogP contribution in [0, 0.1) is 11.7 Å². The Balaban J connectivity index is 1.91. The molecule has 0 fully saturated rings. The smallest absolute Gasteiger partial charge is 0.246 e. The van der Waals surface area contributed by atoms with Gasteiger partial charge in [0.15, 0.2) is 5.78 Å². The quantitative estimate of drug-likeness (QED) is 0.663. The second kappa shape index (κ2) is 10.0. The van der Waals surface area contributed by atoms with Crippen LogP contribution in [0.4, 0.5) is 4.39 Å². The number of Topliss-reactive ketones (excluding diaryl/α,β-unsaturated/α-hetero) is 1. The van der Waals surface area contributed by atoms with Crippen LogP contribution in [0.1, 0.15) is 43.5 Å². The van der Waals surface area contributed by atoms with Gasteiger partial charge in [-0.15, -0.1) is 0 Å². The molecule has 0 radical (unpaired) electrons. The maximum atomic E-state index is 14.2. The van der Waals surface area contributed by atoms with Crippen molar-refractivity contribution >= 4 is 17.6 Å². The summed E-state index contributed by atoms with van der Waals surface area (Å²) in [5.41, 5.74) is 1.93. The van der Waals surface area contributed by atoms with E-state index >= 15 is 0 Å². The predicted octanol–water partition coefficient (Wildman–Crippen LogP) is 2.77. The summed E-state index contributed by atoms with van der Waals surface area (Å²) in [6, 6.07) is 11.5. The molecule has 170 valence electrons. The minimum absolute atomic E-state index is 0.120. The molecule has 0 spiro atoms. The zero-order valence-corrected chi connectivity index (χ0v) is 18.9. The van der Waals surface area contributed by atoms with Crippen molar-refractivity contribution in [3.05, 3.63) is 71.0 Å². The topological polar surface area (TPSA) is 78.5 Å². The number of amides is 2. The van der Waals surface area contributed by atoms with Crippen LogP contribution >= 0.6 is 0 Å². The fraction of sp³-hybridized carbons (Fsp3) is 0.400. The molecular weight excluding hydrogens is 409 g/mol. The fourth-order valence-corrected chi connectivity index (χ4v) is 3.97. The second-order valence-corrected chi connectivity index (χ2v) is 8.54. The molecule has 32 heavy (non-hydrogen) atoms. The molecule has 2 aromatic rings. The Labute approximate surface area is 188 Å². The van der Waals surface area contributed by atoms with Gasteiger partial charge in [0, 0.05) is 13.0 Å². The summed E-state index contributed by atoms with van der Waals surface area (Å²) in [4.78, 5) is 40.9. The van der Waals surface area contributed by atoms with Crippen molar-refractivity contribution in [3.63, 3.8) is 0 Å². The third-order valence-electron chi connectivity index (χ3n) is 5.97. The van der Waals surface area contributed by atoms with Crippen molar-refractivity contribution in [3.8, 4) is 0 Å². The molecule has 0 aliphatic carbocycles. The first kappa shape index (κ1) is 23.6. The Morgan fingerprint density at radius 2 is 1.72 bits per heavy atom. The van der Waals surface area contributed by atoms with Gasteiger partial charge >= 0.3 is 0 Å². The van der Waals surface area contributed by atoms with Crippen LogP contribution in [0.3, 0.4) is 0 Å². The predicted molar refractivity (Wildman–Crippen MR) is 120 cm³/mol. The average molecular weight is 440 g/mol. The number of hydrogen-bond acceptors (Lipinski definition) is 4. The van der Waals surface area contributed by atoms with Crippen LogP contribution in [0.15, 0.2) is 48.5 Å². The number of fused-ring (bicyclic) bond motifs is 1. The van der Waals surface area contributed by atoms with Gasteiger partial charge in [-0.05, 0) is 42.6 Å².